The highest BCUT2D eigenvalue weighted by Gasteiger charge is 2.22. The van der Waals surface area contributed by atoms with E-state index in [4.69, 9.17) is 17.3 Å². The van der Waals surface area contributed by atoms with Gasteiger partial charge < -0.3 is 16.0 Å². The predicted molar refractivity (Wildman–Crippen MR) is 86.9 cm³/mol. The average molecular weight is 302 g/mol. The molecular weight excluding hydrogens is 286 g/mol. The summed E-state index contributed by atoms with van der Waals surface area (Å²) in [5.74, 6) is -0.0485. The molecule has 3 N–H and O–H groups in total. The second kappa shape index (κ2) is 5.66. The van der Waals surface area contributed by atoms with Gasteiger partial charge in [0.15, 0.2) is 0 Å². The third-order valence-corrected chi connectivity index (χ3v) is 3.87. The highest BCUT2D eigenvalue weighted by Crippen LogP contribution is 2.31. The molecule has 108 valence electrons. The van der Waals surface area contributed by atoms with Gasteiger partial charge in [0.2, 0.25) is 5.91 Å². The van der Waals surface area contributed by atoms with Crippen LogP contribution < -0.4 is 16.0 Å². The molecule has 2 aromatic carbocycles. The van der Waals surface area contributed by atoms with Crippen LogP contribution in [0.25, 0.3) is 0 Å². The lowest BCUT2D eigenvalue weighted by molar-refractivity contribution is -0.115. The van der Waals surface area contributed by atoms with Gasteiger partial charge in [-0.3, -0.25) is 4.79 Å². The van der Waals surface area contributed by atoms with Gasteiger partial charge in [0.25, 0.3) is 0 Å². The SMILES string of the molecule is Nc1cccc2c1CCN2CC(=O)Nc1ccc(Cl)cc1. The van der Waals surface area contributed by atoms with Crippen LogP contribution in [0.15, 0.2) is 42.5 Å². The molecule has 1 aliphatic rings. The van der Waals surface area contributed by atoms with Gasteiger partial charge in [-0.05, 0) is 42.8 Å². The Morgan fingerprint density at radius 1 is 1.24 bits per heavy atom. The fourth-order valence-electron chi connectivity index (χ4n) is 2.60. The first-order chi connectivity index (χ1) is 10.1. The number of hydrogen-bond acceptors (Lipinski definition) is 3. The number of halogens is 1. The van der Waals surface area contributed by atoms with E-state index in [9.17, 15) is 4.79 Å². The van der Waals surface area contributed by atoms with Crippen molar-refractivity contribution in [1.82, 2.24) is 0 Å². The molecule has 0 unspecified atom stereocenters. The van der Waals surface area contributed by atoms with E-state index >= 15 is 0 Å². The maximum absolute atomic E-state index is 12.1. The average Bonchev–Trinajstić information content (AvgIpc) is 2.86. The van der Waals surface area contributed by atoms with Crippen LogP contribution >= 0.6 is 11.6 Å². The molecule has 0 atom stereocenters. The van der Waals surface area contributed by atoms with Gasteiger partial charge in [-0.1, -0.05) is 17.7 Å². The van der Waals surface area contributed by atoms with E-state index in [0.29, 0.717) is 11.6 Å². The molecule has 0 saturated heterocycles. The van der Waals surface area contributed by atoms with Crippen molar-refractivity contribution < 1.29 is 4.79 Å². The van der Waals surface area contributed by atoms with Crippen molar-refractivity contribution in [2.45, 2.75) is 6.42 Å². The topological polar surface area (TPSA) is 58.4 Å². The standard InChI is InChI=1S/C16H16ClN3O/c17-11-4-6-12(7-5-11)19-16(21)10-20-9-8-13-14(18)2-1-3-15(13)20/h1-7H,8-10,18H2,(H,19,21). The largest absolute Gasteiger partial charge is 0.398 e. The van der Waals surface area contributed by atoms with Crippen LogP contribution in [0.2, 0.25) is 5.02 Å². The first-order valence-electron chi connectivity index (χ1n) is 6.81. The van der Waals surface area contributed by atoms with Crippen LogP contribution in [0.1, 0.15) is 5.56 Å². The summed E-state index contributed by atoms with van der Waals surface area (Å²) in [7, 11) is 0. The summed E-state index contributed by atoms with van der Waals surface area (Å²) in [6, 6.07) is 12.9. The van der Waals surface area contributed by atoms with Gasteiger partial charge >= 0.3 is 0 Å². The third-order valence-electron chi connectivity index (χ3n) is 3.62. The number of nitrogen functional groups attached to an aromatic ring is 1. The van der Waals surface area contributed by atoms with E-state index in [1.54, 1.807) is 24.3 Å². The summed E-state index contributed by atoms with van der Waals surface area (Å²) >= 11 is 5.82. The number of benzene rings is 2. The number of amides is 1. The van der Waals surface area contributed by atoms with Gasteiger partial charge in [-0.15, -0.1) is 0 Å². The van der Waals surface area contributed by atoms with Crippen molar-refractivity contribution in [1.29, 1.82) is 0 Å². The minimum atomic E-state index is -0.0485. The van der Waals surface area contributed by atoms with Crippen molar-refractivity contribution in [2.75, 3.05) is 29.0 Å². The van der Waals surface area contributed by atoms with Crippen molar-refractivity contribution in [2.24, 2.45) is 0 Å². The fourth-order valence-corrected chi connectivity index (χ4v) is 2.73. The Bertz CT molecular complexity index is 670. The molecule has 1 amide bonds. The number of nitrogens with zero attached hydrogens (tertiary/aromatic N) is 1. The fraction of sp³-hybridized carbons (Fsp3) is 0.188. The first kappa shape index (κ1) is 13.8. The van der Waals surface area contributed by atoms with Gasteiger partial charge in [0.1, 0.15) is 0 Å². The van der Waals surface area contributed by atoms with Crippen LogP contribution in [0.5, 0.6) is 0 Å². The molecule has 0 fully saturated rings. The molecule has 3 rings (SSSR count). The zero-order chi connectivity index (χ0) is 14.8. The number of carbonyl (C=O) groups excluding carboxylic acids is 1. The smallest absolute Gasteiger partial charge is 0.243 e. The van der Waals surface area contributed by atoms with E-state index in [1.165, 1.54) is 0 Å². The molecule has 21 heavy (non-hydrogen) atoms. The second-order valence-corrected chi connectivity index (χ2v) is 5.51. The van der Waals surface area contributed by atoms with E-state index in [2.05, 4.69) is 10.2 Å². The molecule has 1 aliphatic heterocycles. The maximum Gasteiger partial charge on any atom is 0.243 e. The van der Waals surface area contributed by atoms with Crippen LogP contribution in [0.4, 0.5) is 17.1 Å². The highest BCUT2D eigenvalue weighted by atomic mass is 35.5. The van der Waals surface area contributed by atoms with Crippen molar-refractivity contribution in [3.05, 3.63) is 53.1 Å². The normalized spacial score (nSPS) is 13.1. The number of nitrogens with two attached hydrogens (primary N) is 1. The molecule has 0 radical (unpaired) electrons. The van der Waals surface area contributed by atoms with Crippen LogP contribution in [0, 0.1) is 0 Å². The zero-order valence-corrected chi connectivity index (χ0v) is 12.2. The third kappa shape index (κ3) is 2.95. The lowest BCUT2D eigenvalue weighted by Crippen LogP contribution is -2.31. The first-order valence-corrected chi connectivity index (χ1v) is 7.19. The Morgan fingerprint density at radius 2 is 2.00 bits per heavy atom. The number of anilines is 3. The summed E-state index contributed by atoms with van der Waals surface area (Å²) in [6.45, 7) is 1.14. The number of nitrogens with one attached hydrogen (secondary N) is 1. The van der Waals surface area contributed by atoms with Gasteiger partial charge in [-0.25, -0.2) is 0 Å². The lowest BCUT2D eigenvalue weighted by Gasteiger charge is -2.19. The van der Waals surface area contributed by atoms with Crippen LogP contribution in [-0.4, -0.2) is 19.0 Å². The minimum Gasteiger partial charge on any atom is -0.398 e. The van der Waals surface area contributed by atoms with E-state index in [1.807, 2.05) is 18.2 Å². The Morgan fingerprint density at radius 3 is 2.76 bits per heavy atom. The minimum absolute atomic E-state index is 0.0485. The monoisotopic (exact) mass is 301 g/mol. The van der Waals surface area contributed by atoms with Crippen molar-refractivity contribution in [3.8, 4) is 0 Å². The van der Waals surface area contributed by atoms with E-state index < -0.39 is 0 Å². The van der Waals surface area contributed by atoms with Crippen LogP contribution in [0.3, 0.4) is 0 Å². The maximum atomic E-state index is 12.1. The quantitative estimate of drug-likeness (QED) is 0.857. The van der Waals surface area contributed by atoms with Gasteiger partial charge in [-0.2, -0.15) is 0 Å². The molecule has 0 saturated carbocycles. The van der Waals surface area contributed by atoms with E-state index in [0.717, 1.165) is 35.6 Å². The summed E-state index contributed by atoms with van der Waals surface area (Å²) < 4.78 is 0. The Hall–Kier alpha value is -2.20. The molecular formula is C16H16ClN3O. The van der Waals surface area contributed by atoms with Gasteiger partial charge in [0.05, 0.1) is 6.54 Å². The summed E-state index contributed by atoms with van der Waals surface area (Å²) in [4.78, 5) is 14.2. The van der Waals surface area contributed by atoms with Gasteiger partial charge in [0, 0.05) is 34.2 Å². The van der Waals surface area contributed by atoms with E-state index in [-0.39, 0.29) is 5.91 Å². The zero-order valence-electron chi connectivity index (χ0n) is 11.5. The lowest BCUT2D eigenvalue weighted by atomic mass is 10.1. The number of rotatable bonds is 3. The summed E-state index contributed by atoms with van der Waals surface area (Å²) in [5, 5.41) is 3.52. The Labute approximate surface area is 128 Å². The summed E-state index contributed by atoms with van der Waals surface area (Å²) in [5.41, 5.74) is 9.70. The molecule has 0 spiro atoms. The van der Waals surface area contributed by atoms with Crippen molar-refractivity contribution >= 4 is 34.6 Å². The molecule has 5 heteroatoms. The molecule has 0 bridgehead atoms. The summed E-state index contributed by atoms with van der Waals surface area (Å²) in [6.07, 6.45) is 0.885. The van der Waals surface area contributed by atoms with Crippen molar-refractivity contribution in [3.63, 3.8) is 0 Å². The molecule has 1 heterocycles. The Balaban J connectivity index is 1.67. The molecule has 0 aromatic heterocycles. The van der Waals surface area contributed by atoms with Crippen LogP contribution in [-0.2, 0) is 11.2 Å². The molecule has 0 aliphatic carbocycles. The number of hydrogen-bond donors (Lipinski definition) is 2. The Kier molecular flexibility index (Phi) is 3.71. The number of carbonyl (C=O) groups is 1. The number of fused-ring (bicyclic) bond motifs is 1. The second-order valence-electron chi connectivity index (χ2n) is 5.07. The highest BCUT2D eigenvalue weighted by molar-refractivity contribution is 6.30. The molecule has 4 nitrogen and oxygen atoms in total. The molecule has 2 aromatic rings. The predicted octanol–water partition coefficient (Wildman–Crippen LogP) is 2.92.